The van der Waals surface area contributed by atoms with Crippen molar-refractivity contribution in [2.45, 2.75) is 6.54 Å². The van der Waals surface area contributed by atoms with Crippen molar-refractivity contribution >= 4 is 62.6 Å². The van der Waals surface area contributed by atoms with Gasteiger partial charge in [0, 0.05) is 30.1 Å². The molecule has 1 aromatic heterocycles. The summed E-state index contributed by atoms with van der Waals surface area (Å²) in [6.45, 7) is -0.678. The summed E-state index contributed by atoms with van der Waals surface area (Å²) in [6, 6.07) is 5.19. The molecule has 0 amide bonds. The standard InChI is InChI=1S/C15H10I2N2O6/c16-11-5-18(6-12(17)15(11)22)7-14(21)25-8-13(20)9-2-1-3-10(4-9)19(23)24/h1-6H,7-8H2. The van der Waals surface area contributed by atoms with Crippen LogP contribution < -0.4 is 5.43 Å². The Morgan fingerprint density at radius 3 is 2.44 bits per heavy atom. The number of nitrogens with zero attached hydrogens (tertiary/aromatic N) is 2. The maximum atomic E-state index is 12.0. The highest BCUT2D eigenvalue weighted by Crippen LogP contribution is 2.13. The van der Waals surface area contributed by atoms with Crippen LogP contribution in [0.1, 0.15) is 10.4 Å². The first kappa shape index (κ1) is 19.5. The number of pyridine rings is 1. The fraction of sp³-hybridized carbons (Fsp3) is 0.133. The predicted molar refractivity (Wildman–Crippen MR) is 105 cm³/mol. The lowest BCUT2D eigenvalue weighted by Crippen LogP contribution is -2.21. The Kier molecular flexibility index (Phi) is 6.64. The molecule has 0 unspecified atom stereocenters. The van der Waals surface area contributed by atoms with Gasteiger partial charge in [-0.25, -0.2) is 0 Å². The largest absolute Gasteiger partial charge is 0.456 e. The van der Waals surface area contributed by atoms with Crippen LogP contribution in [0.5, 0.6) is 0 Å². The van der Waals surface area contributed by atoms with Gasteiger partial charge >= 0.3 is 5.97 Å². The summed E-state index contributed by atoms with van der Waals surface area (Å²) in [4.78, 5) is 45.5. The topological polar surface area (TPSA) is 109 Å². The number of hydrogen-bond donors (Lipinski definition) is 0. The second-order valence-electron chi connectivity index (χ2n) is 4.85. The van der Waals surface area contributed by atoms with Gasteiger partial charge in [0.05, 0.1) is 12.1 Å². The predicted octanol–water partition coefficient (Wildman–Crippen LogP) is 2.39. The van der Waals surface area contributed by atoms with Gasteiger partial charge in [0.25, 0.3) is 5.69 Å². The average Bonchev–Trinajstić information content (AvgIpc) is 2.57. The van der Waals surface area contributed by atoms with E-state index >= 15 is 0 Å². The second kappa shape index (κ2) is 8.51. The number of Topliss-reactive ketones (excluding diaryl/α,β-unsaturated/α-hetero) is 1. The maximum Gasteiger partial charge on any atom is 0.326 e. The van der Waals surface area contributed by atoms with Gasteiger partial charge < -0.3 is 9.30 Å². The molecular formula is C15H10I2N2O6. The van der Waals surface area contributed by atoms with Crippen molar-refractivity contribution in [2.24, 2.45) is 0 Å². The zero-order valence-corrected chi connectivity index (χ0v) is 16.8. The Bertz CT molecular complexity index is 883. The number of aromatic nitrogens is 1. The Morgan fingerprint density at radius 2 is 1.84 bits per heavy atom. The van der Waals surface area contributed by atoms with E-state index in [0.29, 0.717) is 7.14 Å². The lowest BCUT2D eigenvalue weighted by molar-refractivity contribution is -0.384. The number of non-ortho nitro benzene ring substituents is 1. The number of ketones is 1. The van der Waals surface area contributed by atoms with Crippen molar-refractivity contribution in [3.63, 3.8) is 0 Å². The van der Waals surface area contributed by atoms with Crippen molar-refractivity contribution in [2.75, 3.05) is 6.61 Å². The van der Waals surface area contributed by atoms with Crippen LogP contribution in [-0.4, -0.2) is 27.8 Å². The van der Waals surface area contributed by atoms with Gasteiger partial charge in [-0.3, -0.25) is 24.5 Å². The highest BCUT2D eigenvalue weighted by Gasteiger charge is 2.14. The number of rotatable bonds is 6. The first-order valence-corrected chi connectivity index (χ1v) is 8.92. The lowest BCUT2D eigenvalue weighted by Gasteiger charge is -2.08. The van der Waals surface area contributed by atoms with Gasteiger partial charge in [-0.1, -0.05) is 12.1 Å². The van der Waals surface area contributed by atoms with Crippen LogP contribution in [0.2, 0.25) is 0 Å². The number of hydrogen-bond acceptors (Lipinski definition) is 6. The molecule has 0 N–H and O–H groups in total. The van der Waals surface area contributed by atoms with Crippen LogP contribution in [0.4, 0.5) is 5.69 Å². The van der Waals surface area contributed by atoms with E-state index in [0.717, 1.165) is 6.07 Å². The molecule has 0 fully saturated rings. The van der Waals surface area contributed by atoms with Crippen LogP contribution >= 0.6 is 45.2 Å². The van der Waals surface area contributed by atoms with E-state index in [4.69, 9.17) is 4.74 Å². The summed E-state index contributed by atoms with van der Waals surface area (Å²) in [5, 5.41) is 10.7. The highest BCUT2D eigenvalue weighted by molar-refractivity contribution is 14.1. The van der Waals surface area contributed by atoms with Gasteiger partial charge in [-0.15, -0.1) is 0 Å². The number of carbonyl (C=O) groups is 2. The number of halogens is 2. The molecule has 0 radical (unpaired) electrons. The average molecular weight is 568 g/mol. The van der Waals surface area contributed by atoms with Gasteiger partial charge in [0.2, 0.25) is 11.2 Å². The molecule has 0 aliphatic rings. The van der Waals surface area contributed by atoms with E-state index in [1.54, 1.807) is 0 Å². The molecule has 1 heterocycles. The van der Waals surface area contributed by atoms with E-state index in [9.17, 15) is 24.5 Å². The van der Waals surface area contributed by atoms with Crippen molar-refractivity contribution in [1.82, 2.24) is 4.57 Å². The summed E-state index contributed by atoms with van der Waals surface area (Å²) in [7, 11) is 0. The molecule has 1 aromatic carbocycles. The van der Waals surface area contributed by atoms with E-state index in [-0.39, 0.29) is 23.2 Å². The summed E-state index contributed by atoms with van der Waals surface area (Å²) < 4.78 is 7.33. The van der Waals surface area contributed by atoms with Crippen LogP contribution in [0.15, 0.2) is 41.5 Å². The third kappa shape index (κ3) is 5.32. The summed E-state index contributed by atoms with van der Waals surface area (Å²) in [5.74, 6) is -1.20. The summed E-state index contributed by atoms with van der Waals surface area (Å²) in [6.07, 6.45) is 3.02. The van der Waals surface area contributed by atoms with Crippen molar-refractivity contribution < 1.29 is 19.2 Å². The van der Waals surface area contributed by atoms with Gasteiger partial charge in [0.1, 0.15) is 6.54 Å². The minimum absolute atomic E-state index is 0.0921. The molecule has 2 aromatic rings. The molecule has 10 heteroatoms. The summed E-state index contributed by atoms with van der Waals surface area (Å²) in [5.41, 5.74) is -0.240. The zero-order chi connectivity index (χ0) is 18.6. The number of ether oxygens (including phenoxy) is 1. The number of benzene rings is 1. The molecule has 0 saturated carbocycles. The van der Waals surface area contributed by atoms with E-state index < -0.39 is 23.3 Å². The molecule has 0 atom stereocenters. The van der Waals surface area contributed by atoms with E-state index in [2.05, 4.69) is 0 Å². The van der Waals surface area contributed by atoms with E-state index in [1.165, 1.54) is 35.2 Å². The molecule has 0 aliphatic carbocycles. The van der Waals surface area contributed by atoms with E-state index in [1.807, 2.05) is 45.2 Å². The quantitative estimate of drug-likeness (QED) is 0.174. The molecule has 0 aliphatic heterocycles. The Balaban J connectivity index is 1.98. The van der Waals surface area contributed by atoms with Gasteiger partial charge in [-0.2, -0.15) is 0 Å². The third-order valence-corrected chi connectivity index (χ3v) is 4.58. The fourth-order valence-electron chi connectivity index (χ4n) is 1.87. The first-order valence-electron chi connectivity index (χ1n) is 6.76. The highest BCUT2D eigenvalue weighted by atomic mass is 127. The second-order valence-corrected chi connectivity index (χ2v) is 7.17. The SMILES string of the molecule is O=C(Cn1cc(I)c(=O)c(I)c1)OCC(=O)c1cccc([N+](=O)[O-])c1. The number of esters is 1. The van der Waals surface area contributed by atoms with Crippen LogP contribution in [0, 0.1) is 17.3 Å². The number of nitro benzene ring substituents is 1. The Labute approximate surface area is 168 Å². The van der Waals surface area contributed by atoms with Crippen LogP contribution in [0.3, 0.4) is 0 Å². The fourth-order valence-corrected chi connectivity index (χ4v) is 3.68. The molecule has 130 valence electrons. The van der Waals surface area contributed by atoms with Crippen molar-refractivity contribution in [1.29, 1.82) is 0 Å². The molecule has 0 saturated heterocycles. The lowest BCUT2D eigenvalue weighted by atomic mass is 10.1. The molecule has 0 spiro atoms. The van der Waals surface area contributed by atoms with Gasteiger partial charge in [-0.05, 0) is 45.2 Å². The monoisotopic (exact) mass is 568 g/mol. The molecule has 0 bridgehead atoms. The molecular weight excluding hydrogens is 558 g/mol. The van der Waals surface area contributed by atoms with Crippen LogP contribution in [0.25, 0.3) is 0 Å². The minimum atomic E-state index is -0.658. The molecule has 25 heavy (non-hydrogen) atoms. The smallest absolute Gasteiger partial charge is 0.326 e. The van der Waals surface area contributed by atoms with Crippen molar-refractivity contribution in [3.8, 4) is 0 Å². The van der Waals surface area contributed by atoms with Gasteiger partial charge in [0.15, 0.2) is 6.61 Å². The first-order chi connectivity index (χ1) is 11.8. The maximum absolute atomic E-state index is 12.0. The minimum Gasteiger partial charge on any atom is -0.456 e. The summed E-state index contributed by atoms with van der Waals surface area (Å²) >= 11 is 3.74. The third-order valence-electron chi connectivity index (χ3n) is 3.05. The zero-order valence-electron chi connectivity index (χ0n) is 12.5. The molecule has 2 rings (SSSR count). The Morgan fingerprint density at radius 1 is 1.20 bits per heavy atom. The Hall–Kier alpha value is -1.83. The molecule has 8 nitrogen and oxygen atoms in total. The number of carbonyl (C=O) groups excluding carboxylic acids is 2. The van der Waals surface area contributed by atoms with Crippen molar-refractivity contribution in [3.05, 3.63) is 69.7 Å². The van der Waals surface area contributed by atoms with Crippen LogP contribution in [-0.2, 0) is 16.1 Å². The normalized spacial score (nSPS) is 10.3. The number of nitro groups is 1.